The smallest absolute Gasteiger partial charge is 0.253 e. The highest BCUT2D eigenvalue weighted by Gasteiger charge is 2.31. The number of amides is 1. The van der Waals surface area contributed by atoms with Gasteiger partial charge in [0.25, 0.3) is 5.89 Å². The van der Waals surface area contributed by atoms with Crippen molar-refractivity contribution < 1.29 is 18.5 Å². The van der Waals surface area contributed by atoms with Gasteiger partial charge in [-0.3, -0.25) is 4.79 Å². The largest absolute Gasteiger partial charge is 0.440 e. The molecule has 2 aromatic heterocycles. The Labute approximate surface area is 222 Å². The van der Waals surface area contributed by atoms with E-state index in [9.17, 15) is 4.79 Å². The molecular formula is C30H34N4O4. The number of nitrogens with zero attached hydrogens (tertiary/aromatic N) is 4. The number of anilines is 1. The molecule has 0 radical (unpaired) electrons. The fourth-order valence-corrected chi connectivity index (χ4v) is 4.84. The van der Waals surface area contributed by atoms with Crippen LogP contribution in [0.4, 0.5) is 5.69 Å². The van der Waals surface area contributed by atoms with Gasteiger partial charge in [0.15, 0.2) is 17.5 Å². The van der Waals surface area contributed by atoms with Crippen LogP contribution >= 0.6 is 0 Å². The first-order valence-electron chi connectivity index (χ1n) is 13.7. The van der Waals surface area contributed by atoms with Gasteiger partial charge in [-0.05, 0) is 63.5 Å². The quantitative estimate of drug-likeness (QED) is 0.278. The topological polar surface area (TPSA) is 94.5 Å². The van der Waals surface area contributed by atoms with Crippen molar-refractivity contribution in [2.75, 3.05) is 24.7 Å². The number of carbonyl (C=O) groups is 1. The van der Waals surface area contributed by atoms with Gasteiger partial charge in [0.2, 0.25) is 5.91 Å². The molecular weight excluding hydrogens is 480 g/mol. The van der Waals surface area contributed by atoms with Crippen LogP contribution in [0, 0.1) is 5.92 Å². The molecule has 1 amide bonds. The summed E-state index contributed by atoms with van der Waals surface area (Å²) in [4.78, 5) is 24.5. The van der Waals surface area contributed by atoms with Crippen molar-refractivity contribution in [1.29, 1.82) is 0 Å². The van der Waals surface area contributed by atoms with Gasteiger partial charge >= 0.3 is 0 Å². The minimum absolute atomic E-state index is 0.0593. The van der Waals surface area contributed by atoms with Gasteiger partial charge < -0.3 is 18.6 Å². The summed E-state index contributed by atoms with van der Waals surface area (Å²) < 4.78 is 17.1. The molecule has 0 N–H and O–H groups in total. The molecule has 1 saturated heterocycles. The first-order chi connectivity index (χ1) is 18.5. The van der Waals surface area contributed by atoms with Gasteiger partial charge in [-0.1, -0.05) is 36.0 Å². The van der Waals surface area contributed by atoms with E-state index >= 15 is 0 Å². The van der Waals surface area contributed by atoms with Gasteiger partial charge in [0.1, 0.15) is 0 Å². The van der Waals surface area contributed by atoms with Crippen molar-refractivity contribution in [2.45, 2.75) is 63.2 Å². The number of carbonyl (C=O) groups excluding carboxylic acids is 1. The van der Waals surface area contributed by atoms with Crippen LogP contribution in [0.5, 0.6) is 0 Å². The molecule has 3 fully saturated rings. The molecule has 8 nitrogen and oxygen atoms in total. The van der Waals surface area contributed by atoms with Crippen LogP contribution < -0.4 is 4.90 Å². The Hall–Kier alpha value is -3.52. The fourth-order valence-electron chi connectivity index (χ4n) is 4.84. The first kappa shape index (κ1) is 24.8. The Bertz CT molecular complexity index is 1330. The number of allylic oxidation sites excluding steroid dienone is 1. The third kappa shape index (κ3) is 5.65. The van der Waals surface area contributed by atoms with Crippen LogP contribution in [-0.4, -0.2) is 40.8 Å². The average molecular weight is 515 g/mol. The maximum atomic E-state index is 13.7. The summed E-state index contributed by atoms with van der Waals surface area (Å²) >= 11 is 0. The van der Waals surface area contributed by atoms with Crippen LogP contribution in [0.2, 0.25) is 0 Å². The molecule has 6 rings (SSSR count). The lowest BCUT2D eigenvalue weighted by Crippen LogP contribution is -2.40. The highest BCUT2D eigenvalue weighted by Crippen LogP contribution is 2.41. The van der Waals surface area contributed by atoms with Crippen LogP contribution in [0.25, 0.3) is 16.9 Å². The number of rotatable bonds is 11. The molecule has 1 aromatic carbocycles. The van der Waals surface area contributed by atoms with Crippen molar-refractivity contribution in [3.8, 4) is 11.3 Å². The summed E-state index contributed by atoms with van der Waals surface area (Å²) in [5.74, 6) is 3.58. The van der Waals surface area contributed by atoms with E-state index in [0.29, 0.717) is 50.3 Å². The molecule has 1 atom stereocenters. The zero-order chi connectivity index (χ0) is 26.1. The van der Waals surface area contributed by atoms with Crippen LogP contribution in [0.1, 0.15) is 80.8 Å². The Morgan fingerprint density at radius 2 is 1.92 bits per heavy atom. The van der Waals surface area contributed by atoms with Gasteiger partial charge in [-0.2, -0.15) is 4.98 Å². The molecule has 1 unspecified atom stereocenters. The Morgan fingerprint density at radius 1 is 1.08 bits per heavy atom. The van der Waals surface area contributed by atoms with E-state index < -0.39 is 0 Å². The maximum absolute atomic E-state index is 13.7. The Morgan fingerprint density at radius 3 is 2.68 bits per heavy atom. The normalized spacial score (nSPS) is 19.3. The third-order valence-electron chi connectivity index (χ3n) is 7.52. The van der Waals surface area contributed by atoms with E-state index in [1.54, 1.807) is 6.20 Å². The molecule has 8 heteroatoms. The molecule has 38 heavy (non-hydrogen) atoms. The zero-order valence-corrected chi connectivity index (χ0v) is 21.7. The molecule has 0 bridgehead atoms. The van der Waals surface area contributed by atoms with Gasteiger partial charge in [-0.15, -0.1) is 0 Å². The second-order valence-electron chi connectivity index (χ2n) is 10.8. The molecule has 3 aromatic rings. The summed E-state index contributed by atoms with van der Waals surface area (Å²) in [6, 6.07) is 7.92. The number of hydrogen-bond acceptors (Lipinski definition) is 7. The highest BCUT2D eigenvalue weighted by molar-refractivity contribution is 5.96. The van der Waals surface area contributed by atoms with E-state index in [-0.39, 0.29) is 11.8 Å². The molecule has 2 aliphatic carbocycles. The van der Waals surface area contributed by atoms with E-state index in [1.807, 2.05) is 29.2 Å². The van der Waals surface area contributed by atoms with Crippen molar-refractivity contribution in [3.05, 3.63) is 66.8 Å². The average Bonchev–Trinajstić information content (AvgIpc) is 3.89. The molecule has 1 aliphatic heterocycles. The zero-order valence-electron chi connectivity index (χ0n) is 21.7. The molecule has 3 aliphatic rings. The van der Waals surface area contributed by atoms with Crippen molar-refractivity contribution in [2.24, 2.45) is 5.92 Å². The van der Waals surface area contributed by atoms with E-state index in [1.165, 1.54) is 0 Å². The number of ether oxygens (including phenoxy) is 1. The summed E-state index contributed by atoms with van der Waals surface area (Å²) in [7, 11) is 0. The summed E-state index contributed by atoms with van der Waals surface area (Å²) in [6.07, 6.45) is 9.31. The van der Waals surface area contributed by atoms with Gasteiger partial charge in [-0.25, -0.2) is 4.98 Å². The number of aromatic nitrogens is 3. The minimum atomic E-state index is -0.166. The third-order valence-corrected chi connectivity index (χ3v) is 7.52. The molecule has 198 valence electrons. The van der Waals surface area contributed by atoms with E-state index in [4.69, 9.17) is 13.7 Å². The second kappa shape index (κ2) is 10.7. The van der Waals surface area contributed by atoms with Crippen molar-refractivity contribution in [1.82, 2.24) is 15.1 Å². The van der Waals surface area contributed by atoms with Crippen LogP contribution in [0.15, 0.2) is 58.1 Å². The SMILES string of the molecule is C=C(CCC(=C)c1nc(C2CC2)no1)CN(C(=O)C1CCCOC1)c1cccc(-c2cnc(C3CC3)o2)c1. The Kier molecular flexibility index (Phi) is 6.98. The van der Waals surface area contributed by atoms with Gasteiger partial charge in [0.05, 0.1) is 18.7 Å². The predicted octanol–water partition coefficient (Wildman–Crippen LogP) is 6.29. The lowest BCUT2D eigenvalue weighted by Gasteiger charge is -2.30. The van der Waals surface area contributed by atoms with Crippen molar-refractivity contribution in [3.63, 3.8) is 0 Å². The van der Waals surface area contributed by atoms with Crippen LogP contribution in [0.3, 0.4) is 0 Å². The second-order valence-corrected chi connectivity index (χ2v) is 10.8. The number of oxazole rings is 1. The Balaban J connectivity index is 1.16. The lowest BCUT2D eigenvalue weighted by molar-refractivity contribution is -0.126. The highest BCUT2D eigenvalue weighted by atomic mass is 16.5. The molecule has 3 heterocycles. The van der Waals surface area contributed by atoms with Crippen LogP contribution in [-0.2, 0) is 9.53 Å². The summed E-state index contributed by atoms with van der Waals surface area (Å²) in [5, 5.41) is 4.09. The first-order valence-corrected chi connectivity index (χ1v) is 13.7. The maximum Gasteiger partial charge on any atom is 0.253 e. The summed E-state index contributed by atoms with van der Waals surface area (Å²) in [6.45, 7) is 10.0. The standard InChI is InChI=1S/C30H34N4O4/c1-19(8-9-20(2)28-32-27(33-38-28)21-10-11-21)17-34(30(35)24-6-4-14-36-18-24)25-7-3-5-23(15-25)26-16-31-29(37-26)22-12-13-22/h3,5,7,15-16,21-22,24H,1-2,4,6,8-14,17-18H2. The van der Waals surface area contributed by atoms with E-state index in [0.717, 1.165) is 78.4 Å². The van der Waals surface area contributed by atoms with Gasteiger partial charge in [0, 0.05) is 41.8 Å². The molecule has 0 spiro atoms. The predicted molar refractivity (Wildman–Crippen MR) is 143 cm³/mol. The number of benzene rings is 1. The molecule has 2 saturated carbocycles. The summed E-state index contributed by atoms with van der Waals surface area (Å²) in [5.41, 5.74) is 3.44. The number of hydrogen-bond donors (Lipinski definition) is 0. The minimum Gasteiger partial charge on any atom is -0.440 e. The van der Waals surface area contributed by atoms with E-state index in [2.05, 4.69) is 28.3 Å². The lowest BCUT2D eigenvalue weighted by atomic mass is 9.99. The van der Waals surface area contributed by atoms with Crippen molar-refractivity contribution >= 4 is 17.2 Å². The monoisotopic (exact) mass is 514 g/mol. The fraction of sp³-hybridized carbons (Fsp3) is 0.467.